The van der Waals surface area contributed by atoms with Gasteiger partial charge in [-0.2, -0.15) is 0 Å². The zero-order valence-corrected chi connectivity index (χ0v) is 18.7. The summed E-state index contributed by atoms with van der Waals surface area (Å²) in [5.74, 6) is 0.412. The van der Waals surface area contributed by atoms with Gasteiger partial charge in [0.25, 0.3) is 0 Å². The van der Waals surface area contributed by atoms with Crippen LogP contribution in [0.4, 0.5) is 0 Å². The van der Waals surface area contributed by atoms with E-state index in [0.29, 0.717) is 6.54 Å². The minimum absolute atomic E-state index is 0.00632. The van der Waals surface area contributed by atoms with E-state index in [2.05, 4.69) is 11.0 Å². The molecule has 1 aliphatic heterocycles. The molecule has 0 aromatic heterocycles. The number of nitrogens with zero attached hydrogens (tertiary/aromatic N) is 2. The van der Waals surface area contributed by atoms with E-state index >= 15 is 0 Å². The molecule has 1 heterocycles. The van der Waals surface area contributed by atoms with Crippen LogP contribution in [0.5, 0.6) is 5.75 Å². The first-order valence-electron chi connectivity index (χ1n) is 11.3. The van der Waals surface area contributed by atoms with Gasteiger partial charge < -0.3 is 20.7 Å². The van der Waals surface area contributed by atoms with Gasteiger partial charge in [0.2, 0.25) is 5.91 Å². The SMILES string of the molecule is NC(=O)CN1CCN(CC(O)COc2ccc3cc(-c4ccccc4CO)ccc3c2)CC1. The first kappa shape index (κ1) is 23.2. The molecule has 7 nitrogen and oxygen atoms in total. The van der Waals surface area contributed by atoms with Gasteiger partial charge in [0.1, 0.15) is 18.5 Å². The van der Waals surface area contributed by atoms with Crippen LogP contribution in [0.2, 0.25) is 0 Å². The number of primary amides is 1. The van der Waals surface area contributed by atoms with Crippen LogP contribution in [0.1, 0.15) is 5.56 Å². The number of hydrogen-bond acceptors (Lipinski definition) is 6. The van der Waals surface area contributed by atoms with Crippen LogP contribution >= 0.6 is 0 Å². The fourth-order valence-corrected chi connectivity index (χ4v) is 4.31. The molecule has 0 saturated carbocycles. The van der Waals surface area contributed by atoms with Crippen molar-refractivity contribution in [3.8, 4) is 16.9 Å². The summed E-state index contributed by atoms with van der Waals surface area (Å²) >= 11 is 0. The molecular weight excluding hydrogens is 418 g/mol. The normalized spacial score (nSPS) is 16.1. The van der Waals surface area contributed by atoms with Crippen molar-refractivity contribution >= 4 is 16.7 Å². The van der Waals surface area contributed by atoms with Gasteiger partial charge in [0.15, 0.2) is 0 Å². The lowest BCUT2D eigenvalue weighted by molar-refractivity contribution is -0.119. The molecule has 4 N–H and O–H groups in total. The molecule has 7 heteroatoms. The predicted octanol–water partition coefficient (Wildman–Crippen LogP) is 1.84. The molecule has 174 valence electrons. The number of hydrogen-bond donors (Lipinski definition) is 3. The molecule has 1 atom stereocenters. The summed E-state index contributed by atoms with van der Waals surface area (Å²) in [4.78, 5) is 15.2. The topological polar surface area (TPSA) is 99.3 Å². The van der Waals surface area contributed by atoms with Gasteiger partial charge in [-0.1, -0.05) is 42.5 Å². The van der Waals surface area contributed by atoms with Gasteiger partial charge in [-0.25, -0.2) is 0 Å². The first-order chi connectivity index (χ1) is 16.0. The summed E-state index contributed by atoms with van der Waals surface area (Å²) in [7, 11) is 0. The molecule has 1 amide bonds. The van der Waals surface area contributed by atoms with Gasteiger partial charge >= 0.3 is 0 Å². The number of nitrogens with two attached hydrogens (primary N) is 1. The number of aliphatic hydroxyl groups excluding tert-OH is 2. The van der Waals surface area contributed by atoms with Crippen LogP contribution < -0.4 is 10.5 Å². The van der Waals surface area contributed by atoms with Crippen LogP contribution in [0.3, 0.4) is 0 Å². The average molecular weight is 450 g/mol. The van der Waals surface area contributed by atoms with Crippen molar-refractivity contribution in [3.63, 3.8) is 0 Å². The summed E-state index contributed by atoms with van der Waals surface area (Å²) in [6, 6.07) is 20.0. The summed E-state index contributed by atoms with van der Waals surface area (Å²) in [5, 5.41) is 22.2. The zero-order chi connectivity index (χ0) is 23.2. The Labute approximate surface area is 194 Å². The first-order valence-corrected chi connectivity index (χ1v) is 11.3. The third kappa shape index (κ3) is 6.09. The van der Waals surface area contributed by atoms with E-state index in [9.17, 15) is 15.0 Å². The van der Waals surface area contributed by atoms with E-state index in [1.54, 1.807) is 0 Å². The number of benzene rings is 3. The number of carbonyl (C=O) groups is 1. The van der Waals surface area contributed by atoms with E-state index in [4.69, 9.17) is 10.5 Å². The molecule has 3 aromatic carbocycles. The summed E-state index contributed by atoms with van der Waals surface area (Å²) in [5.41, 5.74) is 8.25. The number of β-amino-alcohol motifs (C(OH)–C–C–N with tert-alkyl or cyclic N) is 1. The number of amides is 1. The fraction of sp³-hybridized carbons (Fsp3) is 0.346. The number of carbonyl (C=O) groups excluding carboxylic acids is 1. The van der Waals surface area contributed by atoms with Crippen molar-refractivity contribution in [1.82, 2.24) is 9.80 Å². The van der Waals surface area contributed by atoms with Gasteiger partial charge in [-0.05, 0) is 45.7 Å². The Hall–Kier alpha value is -2.97. The van der Waals surface area contributed by atoms with Crippen molar-refractivity contribution in [2.24, 2.45) is 5.73 Å². The number of rotatable bonds is 9. The molecule has 3 aromatic rings. The van der Waals surface area contributed by atoms with Crippen LogP contribution in [0.15, 0.2) is 60.7 Å². The molecule has 1 unspecified atom stereocenters. The summed E-state index contributed by atoms with van der Waals surface area (Å²) < 4.78 is 5.86. The lowest BCUT2D eigenvalue weighted by atomic mass is 9.97. The molecule has 1 fully saturated rings. The van der Waals surface area contributed by atoms with Crippen LogP contribution in [0, 0.1) is 0 Å². The van der Waals surface area contributed by atoms with Crippen molar-refractivity contribution in [2.75, 3.05) is 45.9 Å². The molecule has 1 aliphatic rings. The lowest BCUT2D eigenvalue weighted by Crippen LogP contribution is -2.50. The molecule has 0 bridgehead atoms. The highest BCUT2D eigenvalue weighted by atomic mass is 16.5. The Kier molecular flexibility index (Phi) is 7.57. The Bertz CT molecular complexity index is 1100. The Morgan fingerprint density at radius 2 is 1.67 bits per heavy atom. The maximum atomic E-state index is 11.0. The summed E-state index contributed by atoms with van der Waals surface area (Å²) in [6.07, 6.45) is -0.597. The fourth-order valence-electron chi connectivity index (χ4n) is 4.31. The monoisotopic (exact) mass is 449 g/mol. The van der Waals surface area contributed by atoms with Crippen LogP contribution in [-0.4, -0.2) is 77.9 Å². The molecule has 33 heavy (non-hydrogen) atoms. The molecule has 0 radical (unpaired) electrons. The molecular formula is C26H31N3O4. The Balaban J connectivity index is 1.32. The number of ether oxygens (including phenoxy) is 1. The van der Waals surface area contributed by atoms with E-state index in [0.717, 1.165) is 59.4 Å². The Morgan fingerprint density at radius 3 is 2.42 bits per heavy atom. The highest BCUT2D eigenvalue weighted by Gasteiger charge is 2.20. The molecule has 0 aliphatic carbocycles. The quantitative estimate of drug-likeness (QED) is 0.461. The van der Waals surface area contributed by atoms with E-state index in [-0.39, 0.29) is 25.7 Å². The second kappa shape index (κ2) is 10.8. The van der Waals surface area contributed by atoms with Gasteiger partial charge in [-0.3, -0.25) is 14.6 Å². The van der Waals surface area contributed by atoms with E-state index in [1.165, 1.54) is 0 Å². The highest BCUT2D eigenvalue weighted by molar-refractivity contribution is 5.88. The Morgan fingerprint density at radius 1 is 0.970 bits per heavy atom. The second-order valence-electron chi connectivity index (χ2n) is 8.55. The van der Waals surface area contributed by atoms with Gasteiger partial charge in [-0.15, -0.1) is 0 Å². The minimum atomic E-state index is -0.597. The highest BCUT2D eigenvalue weighted by Crippen LogP contribution is 2.29. The molecule has 1 saturated heterocycles. The lowest BCUT2D eigenvalue weighted by Gasteiger charge is -2.34. The third-order valence-electron chi connectivity index (χ3n) is 6.07. The molecule has 4 rings (SSSR count). The predicted molar refractivity (Wildman–Crippen MR) is 129 cm³/mol. The van der Waals surface area contributed by atoms with Crippen LogP contribution in [-0.2, 0) is 11.4 Å². The van der Waals surface area contributed by atoms with Crippen molar-refractivity contribution < 1.29 is 19.7 Å². The van der Waals surface area contributed by atoms with Crippen molar-refractivity contribution in [1.29, 1.82) is 0 Å². The minimum Gasteiger partial charge on any atom is -0.491 e. The summed E-state index contributed by atoms with van der Waals surface area (Å²) in [6.45, 7) is 4.17. The van der Waals surface area contributed by atoms with Crippen molar-refractivity contribution in [2.45, 2.75) is 12.7 Å². The van der Waals surface area contributed by atoms with Crippen LogP contribution in [0.25, 0.3) is 21.9 Å². The number of aliphatic hydroxyl groups is 2. The molecule has 0 spiro atoms. The number of fused-ring (bicyclic) bond motifs is 1. The smallest absolute Gasteiger partial charge is 0.231 e. The maximum Gasteiger partial charge on any atom is 0.231 e. The van der Waals surface area contributed by atoms with E-state index < -0.39 is 6.10 Å². The maximum absolute atomic E-state index is 11.0. The second-order valence-corrected chi connectivity index (χ2v) is 8.55. The zero-order valence-electron chi connectivity index (χ0n) is 18.7. The van der Waals surface area contributed by atoms with E-state index in [1.807, 2.05) is 59.5 Å². The van der Waals surface area contributed by atoms with Gasteiger partial charge in [0, 0.05) is 32.7 Å². The van der Waals surface area contributed by atoms with Gasteiger partial charge in [0.05, 0.1) is 13.2 Å². The number of piperazine rings is 1. The van der Waals surface area contributed by atoms with Crippen molar-refractivity contribution in [3.05, 3.63) is 66.2 Å². The largest absolute Gasteiger partial charge is 0.491 e. The standard InChI is InChI=1S/C26H31N3O4/c27-26(32)16-29-11-9-28(10-12-29)15-23(31)18-33-24-8-7-19-13-21(6-5-20(19)14-24)25-4-2-1-3-22(25)17-30/h1-8,13-14,23,30-31H,9-12,15-18H2,(H2,27,32). The third-order valence-corrected chi connectivity index (χ3v) is 6.07. The average Bonchev–Trinajstić information content (AvgIpc) is 2.83.